The lowest BCUT2D eigenvalue weighted by atomic mass is 9.91. The molecule has 0 saturated heterocycles. The molecule has 0 heterocycles. The third-order valence-electron chi connectivity index (χ3n) is 4.49. The van der Waals surface area contributed by atoms with E-state index in [2.05, 4.69) is 0 Å². The number of amidine groups is 2. The summed E-state index contributed by atoms with van der Waals surface area (Å²) < 4.78 is 37.5. The highest BCUT2D eigenvalue weighted by Gasteiger charge is 2.22. The monoisotopic (exact) mass is 464 g/mol. The summed E-state index contributed by atoms with van der Waals surface area (Å²) >= 11 is 2.26. The van der Waals surface area contributed by atoms with Crippen molar-refractivity contribution in [2.45, 2.75) is 18.4 Å². The molecule has 7 N–H and O–H groups in total. The number of aryl methyl sites for hydroxylation is 1. The summed E-state index contributed by atoms with van der Waals surface area (Å²) in [7, 11) is -4.76. The van der Waals surface area contributed by atoms with Crippen LogP contribution in [0.5, 0.6) is 5.75 Å². The van der Waals surface area contributed by atoms with Crippen LogP contribution in [0.2, 0.25) is 0 Å². The molecule has 0 saturated carbocycles. The summed E-state index contributed by atoms with van der Waals surface area (Å²) in [5.41, 5.74) is 13.2. The highest BCUT2D eigenvalue weighted by Crippen LogP contribution is 2.42. The highest BCUT2D eigenvalue weighted by molar-refractivity contribution is 8.13. The van der Waals surface area contributed by atoms with Crippen molar-refractivity contribution in [2.24, 2.45) is 11.5 Å². The highest BCUT2D eigenvalue weighted by atomic mass is 32.3. The topological polar surface area (TPSA) is 163 Å². The van der Waals surface area contributed by atoms with E-state index < -0.39 is 10.4 Å². The lowest BCUT2D eigenvalue weighted by Gasteiger charge is -2.19. The third-order valence-corrected chi connectivity index (χ3v) is 6.36. The number of benzene rings is 3. The van der Waals surface area contributed by atoms with E-state index in [-0.39, 0.29) is 16.1 Å². The predicted molar refractivity (Wildman–Crippen MR) is 125 cm³/mol. The smallest absolute Gasteiger partial charge is 0.379 e. The van der Waals surface area contributed by atoms with Gasteiger partial charge < -0.3 is 15.7 Å². The van der Waals surface area contributed by atoms with Crippen molar-refractivity contribution in [1.82, 2.24) is 0 Å². The molecule has 3 aromatic rings. The Morgan fingerprint density at radius 1 is 0.967 bits per heavy atom. The molecule has 0 aliphatic carbocycles. The average molecular weight is 465 g/mol. The van der Waals surface area contributed by atoms with Gasteiger partial charge in [0.1, 0.15) is 0 Å². The molecule has 0 amide bonds. The third kappa shape index (κ3) is 4.81. The molecule has 0 unspecified atom stereocenters. The molecule has 30 heavy (non-hydrogen) atoms. The van der Waals surface area contributed by atoms with Crippen LogP contribution in [-0.4, -0.2) is 23.3 Å². The van der Waals surface area contributed by atoms with Gasteiger partial charge in [-0.1, -0.05) is 59.9 Å². The van der Waals surface area contributed by atoms with Gasteiger partial charge in [0.2, 0.25) is 0 Å². The van der Waals surface area contributed by atoms with Gasteiger partial charge in [0.15, 0.2) is 16.1 Å². The van der Waals surface area contributed by atoms with Crippen molar-refractivity contribution < 1.29 is 17.2 Å². The van der Waals surface area contributed by atoms with Crippen LogP contribution >= 0.6 is 23.5 Å². The van der Waals surface area contributed by atoms with Gasteiger partial charge in [-0.3, -0.25) is 15.4 Å². The van der Waals surface area contributed by atoms with Gasteiger partial charge in [0.05, 0.1) is 0 Å². The van der Waals surface area contributed by atoms with Crippen molar-refractivity contribution in [3.63, 3.8) is 0 Å². The number of fused-ring (bicyclic) bond motifs is 2. The van der Waals surface area contributed by atoms with Crippen LogP contribution in [0.25, 0.3) is 21.5 Å². The lowest BCUT2D eigenvalue weighted by molar-refractivity contribution is 0.387. The number of thioether (sulfide) groups is 2. The zero-order valence-electron chi connectivity index (χ0n) is 15.9. The number of nitrogens with two attached hydrogens (primary N) is 2. The second-order valence-corrected chi connectivity index (χ2v) is 9.51. The molecular weight excluding hydrogens is 444 g/mol. The van der Waals surface area contributed by atoms with E-state index >= 15 is 0 Å². The largest absolute Gasteiger partial charge is 0.446 e. The van der Waals surface area contributed by atoms with Gasteiger partial charge in [-0.05, 0) is 39.8 Å². The Labute approximate surface area is 182 Å². The molecule has 0 radical (unpaired) electrons. The van der Waals surface area contributed by atoms with Crippen molar-refractivity contribution in [3.8, 4) is 5.75 Å². The van der Waals surface area contributed by atoms with Crippen LogP contribution < -0.4 is 15.7 Å². The Kier molecular flexibility index (Phi) is 6.46. The van der Waals surface area contributed by atoms with E-state index in [1.54, 1.807) is 13.0 Å². The SMILES string of the molecule is Cc1ccc2c(CSC(=N)N)c3ccccc3c(CSC(=N)N)c2c1OS(=O)(=O)O. The summed E-state index contributed by atoms with van der Waals surface area (Å²) in [6.45, 7) is 1.68. The second kappa shape index (κ2) is 8.72. The summed E-state index contributed by atoms with van der Waals surface area (Å²) in [5.74, 6) is 0.715. The Hall–Kier alpha value is -2.47. The molecule has 158 valence electrons. The predicted octanol–water partition coefficient (Wildman–Crippen LogP) is 3.74. The summed E-state index contributed by atoms with van der Waals surface area (Å²) in [6, 6.07) is 11.1. The Morgan fingerprint density at radius 3 is 2.03 bits per heavy atom. The summed E-state index contributed by atoms with van der Waals surface area (Å²) in [4.78, 5) is 0. The minimum absolute atomic E-state index is 0.0222. The number of rotatable bonds is 6. The molecule has 0 atom stereocenters. The Morgan fingerprint density at radius 2 is 1.50 bits per heavy atom. The summed E-state index contributed by atoms with van der Waals surface area (Å²) in [6.07, 6.45) is 0. The van der Waals surface area contributed by atoms with Crippen LogP contribution in [0, 0.1) is 17.7 Å². The van der Waals surface area contributed by atoms with E-state index in [1.165, 1.54) is 0 Å². The van der Waals surface area contributed by atoms with Crippen molar-refractivity contribution in [3.05, 3.63) is 53.1 Å². The fourth-order valence-electron chi connectivity index (χ4n) is 3.35. The average Bonchev–Trinajstić information content (AvgIpc) is 2.65. The first-order valence-corrected chi connectivity index (χ1v) is 12.0. The molecule has 0 aromatic heterocycles. The molecular formula is C19H20N4O4S3. The van der Waals surface area contributed by atoms with Crippen molar-refractivity contribution in [2.75, 3.05) is 0 Å². The van der Waals surface area contributed by atoms with Crippen LogP contribution in [0.1, 0.15) is 16.7 Å². The molecule has 3 aromatic carbocycles. The summed E-state index contributed by atoms with van der Waals surface area (Å²) in [5, 5.41) is 18.0. The first kappa shape index (κ1) is 22.2. The number of hydrogen-bond acceptors (Lipinski definition) is 7. The first-order chi connectivity index (χ1) is 14.1. The maximum absolute atomic E-state index is 11.6. The van der Waals surface area contributed by atoms with E-state index in [4.69, 9.17) is 26.5 Å². The van der Waals surface area contributed by atoms with E-state index in [9.17, 15) is 13.0 Å². The molecule has 11 heteroatoms. The van der Waals surface area contributed by atoms with E-state index in [0.717, 1.165) is 45.4 Å². The zero-order chi connectivity index (χ0) is 22.1. The minimum atomic E-state index is -4.76. The Bertz CT molecular complexity index is 1280. The molecule has 0 aliphatic heterocycles. The molecule has 0 aliphatic rings. The normalized spacial score (nSPS) is 11.7. The van der Waals surface area contributed by atoms with Gasteiger partial charge in [0.25, 0.3) is 0 Å². The standard InChI is InChI=1S/C19H20N4O4S3/c1-10-6-7-13-14(8-28-18(20)21)11-4-2-3-5-12(11)15(9-29-19(22)23)16(13)17(10)27-30(24,25)26/h2-7H,8-9H2,1H3,(H3,20,21)(H3,22,23)(H,24,25,26). The fourth-order valence-corrected chi connectivity index (χ4v) is 4.98. The van der Waals surface area contributed by atoms with Gasteiger partial charge in [-0.15, -0.1) is 0 Å². The molecule has 3 rings (SSSR count). The van der Waals surface area contributed by atoms with Gasteiger partial charge in [-0.25, -0.2) is 0 Å². The quantitative estimate of drug-likeness (QED) is 0.159. The van der Waals surface area contributed by atoms with Crippen LogP contribution in [0.15, 0.2) is 36.4 Å². The van der Waals surface area contributed by atoms with Crippen molar-refractivity contribution in [1.29, 1.82) is 10.8 Å². The van der Waals surface area contributed by atoms with Gasteiger partial charge in [0, 0.05) is 16.9 Å². The van der Waals surface area contributed by atoms with Gasteiger partial charge in [-0.2, -0.15) is 8.42 Å². The molecule has 0 bridgehead atoms. The maximum Gasteiger partial charge on any atom is 0.446 e. The lowest BCUT2D eigenvalue weighted by Crippen LogP contribution is -2.10. The minimum Gasteiger partial charge on any atom is -0.379 e. The van der Waals surface area contributed by atoms with E-state index in [0.29, 0.717) is 27.8 Å². The molecule has 0 fully saturated rings. The maximum atomic E-state index is 11.6. The zero-order valence-corrected chi connectivity index (χ0v) is 18.4. The van der Waals surface area contributed by atoms with Gasteiger partial charge >= 0.3 is 10.4 Å². The molecule has 8 nitrogen and oxygen atoms in total. The van der Waals surface area contributed by atoms with Crippen LogP contribution in [0.3, 0.4) is 0 Å². The second-order valence-electron chi connectivity index (χ2n) is 6.45. The fraction of sp³-hybridized carbons (Fsp3) is 0.158. The van der Waals surface area contributed by atoms with Crippen molar-refractivity contribution >= 4 is 65.8 Å². The first-order valence-electron chi connectivity index (χ1n) is 8.64. The van der Waals surface area contributed by atoms with Crippen LogP contribution in [-0.2, 0) is 21.9 Å². The molecule has 0 spiro atoms. The Balaban J connectivity index is 2.46. The van der Waals surface area contributed by atoms with Crippen LogP contribution in [0.4, 0.5) is 0 Å². The number of hydrogen-bond donors (Lipinski definition) is 5. The van der Waals surface area contributed by atoms with E-state index in [1.807, 2.05) is 30.3 Å². The number of nitrogens with one attached hydrogen (secondary N) is 2.